The smallest absolute Gasteiger partial charge is 0.220 e. The maximum Gasteiger partial charge on any atom is 0.220 e. The predicted octanol–water partition coefficient (Wildman–Crippen LogP) is 2.01. The lowest BCUT2D eigenvalue weighted by molar-refractivity contribution is -0.121. The Bertz CT molecular complexity index is 728. The molecule has 6 nitrogen and oxygen atoms in total. The molecule has 1 saturated heterocycles. The molecule has 1 N–H and O–H groups in total. The predicted molar refractivity (Wildman–Crippen MR) is 90.8 cm³/mol. The van der Waals surface area contributed by atoms with Gasteiger partial charge >= 0.3 is 0 Å². The highest BCUT2D eigenvalue weighted by atomic mass is 16.1. The zero-order valence-electron chi connectivity index (χ0n) is 14.4. The van der Waals surface area contributed by atoms with Crippen molar-refractivity contribution in [2.24, 2.45) is 5.92 Å². The minimum absolute atomic E-state index is 0.143. The number of fused-ring (bicyclic) bond motifs is 1. The fourth-order valence-corrected chi connectivity index (χ4v) is 3.29. The molecular weight excluding hydrogens is 290 g/mol. The van der Waals surface area contributed by atoms with Crippen LogP contribution in [-0.2, 0) is 4.79 Å². The summed E-state index contributed by atoms with van der Waals surface area (Å²) in [7, 11) is 1.70. The Balaban J connectivity index is 1.82. The number of nitrogens with one attached hydrogen (secondary N) is 1. The van der Waals surface area contributed by atoms with Crippen LogP contribution in [0, 0.1) is 26.7 Å². The van der Waals surface area contributed by atoms with Gasteiger partial charge in [0.2, 0.25) is 5.91 Å². The summed E-state index contributed by atoms with van der Waals surface area (Å²) in [6.45, 7) is 8.04. The Morgan fingerprint density at radius 2 is 2.00 bits per heavy atom. The summed E-state index contributed by atoms with van der Waals surface area (Å²) in [4.78, 5) is 18.6. The molecule has 0 bridgehead atoms. The minimum Gasteiger partial charge on any atom is -0.359 e. The third-order valence-electron chi connectivity index (χ3n) is 4.86. The standard InChI is InChI=1S/C17H25N5O/c1-11-9-16(22-17(19-11)12(2)13(3)20-22)21-7-5-14(6-8-21)10-15(23)18-4/h9,14H,5-8,10H2,1-4H3,(H,18,23). The highest BCUT2D eigenvalue weighted by Gasteiger charge is 2.23. The molecule has 0 unspecified atom stereocenters. The first-order valence-electron chi connectivity index (χ1n) is 8.28. The second-order valence-electron chi connectivity index (χ2n) is 6.51. The molecule has 1 amide bonds. The Hall–Kier alpha value is -2.11. The van der Waals surface area contributed by atoms with Crippen LogP contribution in [0.5, 0.6) is 0 Å². The summed E-state index contributed by atoms with van der Waals surface area (Å²) in [5.74, 6) is 1.73. The van der Waals surface area contributed by atoms with E-state index in [1.807, 2.05) is 18.4 Å². The van der Waals surface area contributed by atoms with Gasteiger partial charge in [-0.1, -0.05) is 0 Å². The highest BCUT2D eigenvalue weighted by Crippen LogP contribution is 2.27. The van der Waals surface area contributed by atoms with E-state index in [4.69, 9.17) is 0 Å². The molecule has 0 radical (unpaired) electrons. The highest BCUT2D eigenvalue weighted by molar-refractivity contribution is 5.75. The third kappa shape index (κ3) is 3.02. The average Bonchev–Trinajstić information content (AvgIpc) is 2.83. The second-order valence-corrected chi connectivity index (χ2v) is 6.51. The largest absolute Gasteiger partial charge is 0.359 e. The summed E-state index contributed by atoms with van der Waals surface area (Å²) in [6, 6.07) is 2.11. The topological polar surface area (TPSA) is 62.5 Å². The number of hydrogen-bond acceptors (Lipinski definition) is 4. The lowest BCUT2D eigenvalue weighted by Gasteiger charge is -2.33. The summed E-state index contributed by atoms with van der Waals surface area (Å²) >= 11 is 0. The molecule has 0 aromatic carbocycles. The molecule has 2 aromatic heterocycles. The van der Waals surface area contributed by atoms with Gasteiger partial charge in [-0.15, -0.1) is 0 Å². The van der Waals surface area contributed by atoms with E-state index in [1.165, 1.54) is 0 Å². The van der Waals surface area contributed by atoms with Crippen LogP contribution >= 0.6 is 0 Å². The first-order valence-corrected chi connectivity index (χ1v) is 8.28. The fraction of sp³-hybridized carbons (Fsp3) is 0.588. The van der Waals surface area contributed by atoms with Crippen LogP contribution in [0.15, 0.2) is 6.07 Å². The van der Waals surface area contributed by atoms with Crippen LogP contribution in [0.2, 0.25) is 0 Å². The maximum absolute atomic E-state index is 11.5. The quantitative estimate of drug-likeness (QED) is 0.941. The van der Waals surface area contributed by atoms with Crippen molar-refractivity contribution < 1.29 is 4.79 Å². The molecule has 1 aliphatic rings. The number of rotatable bonds is 3. The van der Waals surface area contributed by atoms with Crippen LogP contribution in [0.25, 0.3) is 5.65 Å². The average molecular weight is 315 g/mol. The Morgan fingerprint density at radius 3 is 2.65 bits per heavy atom. The van der Waals surface area contributed by atoms with Gasteiger partial charge in [0, 0.05) is 43.9 Å². The summed E-state index contributed by atoms with van der Waals surface area (Å²) < 4.78 is 1.97. The normalized spacial score (nSPS) is 16.1. The summed E-state index contributed by atoms with van der Waals surface area (Å²) in [5, 5.41) is 7.38. The first-order chi connectivity index (χ1) is 11.0. The molecular formula is C17H25N5O. The monoisotopic (exact) mass is 315 g/mol. The van der Waals surface area contributed by atoms with Gasteiger partial charge in [0.05, 0.1) is 5.69 Å². The van der Waals surface area contributed by atoms with E-state index in [1.54, 1.807) is 7.05 Å². The molecule has 3 rings (SSSR count). The number of piperidine rings is 1. The lowest BCUT2D eigenvalue weighted by Crippen LogP contribution is -2.36. The van der Waals surface area contributed by atoms with Gasteiger partial charge in [-0.3, -0.25) is 4.79 Å². The fourth-order valence-electron chi connectivity index (χ4n) is 3.29. The van der Waals surface area contributed by atoms with Crippen LogP contribution in [0.1, 0.15) is 36.2 Å². The van der Waals surface area contributed by atoms with Gasteiger partial charge in [-0.25, -0.2) is 4.98 Å². The van der Waals surface area contributed by atoms with E-state index < -0.39 is 0 Å². The molecule has 1 aliphatic heterocycles. The van der Waals surface area contributed by atoms with Crippen LogP contribution in [-0.4, -0.2) is 40.6 Å². The second kappa shape index (κ2) is 6.18. The zero-order valence-corrected chi connectivity index (χ0v) is 14.4. The molecule has 2 aromatic rings. The van der Waals surface area contributed by atoms with Crippen LogP contribution in [0.4, 0.5) is 5.82 Å². The van der Waals surface area contributed by atoms with Gasteiger partial charge in [0.1, 0.15) is 5.82 Å². The van der Waals surface area contributed by atoms with Crippen molar-refractivity contribution in [3.8, 4) is 0 Å². The van der Waals surface area contributed by atoms with Crippen molar-refractivity contribution in [1.29, 1.82) is 0 Å². The SMILES string of the molecule is CNC(=O)CC1CCN(c2cc(C)nc3c(C)c(C)nn23)CC1. The summed E-state index contributed by atoms with van der Waals surface area (Å²) in [6.07, 6.45) is 2.71. The third-order valence-corrected chi connectivity index (χ3v) is 4.86. The number of nitrogens with zero attached hydrogens (tertiary/aromatic N) is 4. The van der Waals surface area contributed by atoms with Gasteiger partial charge in [0.15, 0.2) is 5.65 Å². The number of aromatic nitrogens is 3. The van der Waals surface area contributed by atoms with Gasteiger partial charge in [-0.05, 0) is 39.5 Å². The van der Waals surface area contributed by atoms with Crippen molar-refractivity contribution in [2.45, 2.75) is 40.0 Å². The van der Waals surface area contributed by atoms with E-state index in [-0.39, 0.29) is 5.91 Å². The van der Waals surface area contributed by atoms with Crippen molar-refractivity contribution >= 4 is 17.4 Å². The van der Waals surface area contributed by atoms with Gasteiger partial charge < -0.3 is 10.2 Å². The Labute approximate surface area is 136 Å². The molecule has 124 valence electrons. The number of carbonyl (C=O) groups is 1. The van der Waals surface area contributed by atoms with Gasteiger partial charge in [-0.2, -0.15) is 9.61 Å². The van der Waals surface area contributed by atoms with Crippen molar-refractivity contribution in [2.75, 3.05) is 25.0 Å². The Kier molecular flexibility index (Phi) is 4.24. The van der Waals surface area contributed by atoms with Crippen molar-refractivity contribution in [3.05, 3.63) is 23.0 Å². The first kappa shape index (κ1) is 15.8. The number of amides is 1. The van der Waals surface area contributed by atoms with E-state index >= 15 is 0 Å². The molecule has 0 saturated carbocycles. The van der Waals surface area contributed by atoms with E-state index in [9.17, 15) is 4.79 Å². The number of carbonyl (C=O) groups excluding carboxylic acids is 1. The number of aryl methyl sites for hydroxylation is 3. The summed E-state index contributed by atoms with van der Waals surface area (Å²) in [5.41, 5.74) is 4.14. The molecule has 0 spiro atoms. The molecule has 0 aliphatic carbocycles. The van der Waals surface area contributed by atoms with Crippen LogP contribution < -0.4 is 10.2 Å². The molecule has 0 atom stereocenters. The molecule has 6 heteroatoms. The van der Waals surface area contributed by atoms with E-state index in [0.717, 1.165) is 54.3 Å². The van der Waals surface area contributed by atoms with Gasteiger partial charge in [0.25, 0.3) is 0 Å². The van der Waals surface area contributed by atoms with E-state index in [2.05, 4.69) is 33.3 Å². The molecule has 23 heavy (non-hydrogen) atoms. The number of anilines is 1. The maximum atomic E-state index is 11.5. The van der Waals surface area contributed by atoms with E-state index in [0.29, 0.717) is 12.3 Å². The van der Waals surface area contributed by atoms with Crippen molar-refractivity contribution in [1.82, 2.24) is 19.9 Å². The lowest BCUT2D eigenvalue weighted by atomic mass is 9.93. The molecule has 3 heterocycles. The van der Waals surface area contributed by atoms with Crippen LogP contribution in [0.3, 0.4) is 0 Å². The number of hydrogen-bond donors (Lipinski definition) is 1. The minimum atomic E-state index is 0.143. The molecule has 1 fully saturated rings. The van der Waals surface area contributed by atoms with Crippen molar-refractivity contribution in [3.63, 3.8) is 0 Å². The Morgan fingerprint density at radius 1 is 1.30 bits per heavy atom. The zero-order chi connectivity index (χ0) is 16.6.